The fourth-order valence-electron chi connectivity index (χ4n) is 2.65. The number of hydrogen-bond acceptors (Lipinski definition) is 3. The van der Waals surface area contributed by atoms with Crippen LogP contribution in [0.1, 0.15) is 45.2 Å². The third kappa shape index (κ3) is 3.03. The van der Waals surface area contributed by atoms with Gasteiger partial charge in [-0.05, 0) is 18.5 Å². The lowest BCUT2D eigenvalue weighted by atomic mass is 9.89. The van der Waals surface area contributed by atoms with Crippen molar-refractivity contribution in [2.75, 3.05) is 13.7 Å². The predicted molar refractivity (Wildman–Crippen MR) is 77.9 cm³/mol. The van der Waals surface area contributed by atoms with E-state index in [1.807, 2.05) is 12.1 Å². The van der Waals surface area contributed by atoms with Gasteiger partial charge in [0.25, 0.3) is 0 Å². The molecule has 0 radical (unpaired) electrons. The summed E-state index contributed by atoms with van der Waals surface area (Å²) >= 11 is 0. The van der Waals surface area contributed by atoms with E-state index in [0.29, 0.717) is 12.0 Å². The summed E-state index contributed by atoms with van der Waals surface area (Å²) in [5.74, 6) is 2.40. The molecule has 0 bridgehead atoms. The van der Waals surface area contributed by atoms with Crippen molar-refractivity contribution in [3.05, 3.63) is 23.8 Å². The van der Waals surface area contributed by atoms with Gasteiger partial charge < -0.3 is 14.8 Å². The highest BCUT2D eigenvalue weighted by Crippen LogP contribution is 2.39. The first kappa shape index (κ1) is 14.2. The van der Waals surface area contributed by atoms with Crippen LogP contribution in [-0.4, -0.2) is 19.8 Å². The molecule has 19 heavy (non-hydrogen) atoms. The molecule has 3 unspecified atom stereocenters. The van der Waals surface area contributed by atoms with Crippen LogP contribution < -0.4 is 14.8 Å². The Labute approximate surface area is 116 Å². The van der Waals surface area contributed by atoms with E-state index in [9.17, 15) is 0 Å². The van der Waals surface area contributed by atoms with Crippen LogP contribution >= 0.6 is 0 Å². The van der Waals surface area contributed by atoms with Crippen molar-refractivity contribution in [1.29, 1.82) is 0 Å². The maximum Gasteiger partial charge on any atom is 0.128 e. The lowest BCUT2D eigenvalue weighted by molar-refractivity contribution is 0.0980. The van der Waals surface area contributed by atoms with Gasteiger partial charge in [-0.3, -0.25) is 0 Å². The standard InChI is InChI=1S/C16H25NO2/c1-5-11(3)15-10-14(17-6-2)13-8-7-12(18-4)9-16(13)19-15/h7-9,11,14-15,17H,5-6,10H2,1-4H3. The number of hydrogen-bond donors (Lipinski definition) is 1. The van der Waals surface area contributed by atoms with Crippen molar-refractivity contribution in [3.8, 4) is 11.5 Å². The van der Waals surface area contributed by atoms with E-state index in [-0.39, 0.29) is 6.10 Å². The van der Waals surface area contributed by atoms with Gasteiger partial charge in [-0.25, -0.2) is 0 Å². The third-order valence-electron chi connectivity index (χ3n) is 4.07. The molecule has 3 nitrogen and oxygen atoms in total. The Hall–Kier alpha value is -1.22. The second-order valence-corrected chi connectivity index (χ2v) is 5.29. The van der Waals surface area contributed by atoms with Gasteiger partial charge >= 0.3 is 0 Å². The van der Waals surface area contributed by atoms with Gasteiger partial charge in [0.2, 0.25) is 0 Å². The van der Waals surface area contributed by atoms with Crippen molar-refractivity contribution in [2.24, 2.45) is 5.92 Å². The van der Waals surface area contributed by atoms with E-state index < -0.39 is 0 Å². The van der Waals surface area contributed by atoms with Crippen LogP contribution in [0.5, 0.6) is 11.5 Å². The number of rotatable bonds is 5. The highest BCUT2D eigenvalue weighted by atomic mass is 16.5. The predicted octanol–water partition coefficient (Wildman–Crippen LogP) is 3.54. The minimum Gasteiger partial charge on any atom is -0.497 e. The van der Waals surface area contributed by atoms with Gasteiger partial charge in [0.05, 0.1) is 7.11 Å². The zero-order valence-electron chi connectivity index (χ0n) is 12.4. The molecule has 0 saturated carbocycles. The molecule has 106 valence electrons. The zero-order chi connectivity index (χ0) is 13.8. The molecule has 1 heterocycles. The Bertz CT molecular complexity index is 419. The Morgan fingerprint density at radius 2 is 2.21 bits per heavy atom. The molecule has 1 aliphatic rings. The lowest BCUT2D eigenvalue weighted by Crippen LogP contribution is -2.36. The zero-order valence-corrected chi connectivity index (χ0v) is 12.4. The van der Waals surface area contributed by atoms with Crippen molar-refractivity contribution in [3.63, 3.8) is 0 Å². The molecule has 1 aromatic carbocycles. The SMILES string of the molecule is CCNC1CC(C(C)CC)Oc2cc(OC)ccc21. The summed E-state index contributed by atoms with van der Waals surface area (Å²) < 4.78 is 11.5. The summed E-state index contributed by atoms with van der Waals surface area (Å²) in [6.07, 6.45) is 2.47. The molecule has 0 aromatic heterocycles. The maximum absolute atomic E-state index is 6.18. The van der Waals surface area contributed by atoms with E-state index >= 15 is 0 Å². The van der Waals surface area contributed by atoms with Crippen molar-refractivity contribution >= 4 is 0 Å². The molecular formula is C16H25NO2. The van der Waals surface area contributed by atoms with Gasteiger partial charge in [0, 0.05) is 24.1 Å². The number of benzene rings is 1. The minimum atomic E-state index is 0.286. The summed E-state index contributed by atoms with van der Waals surface area (Å²) in [5, 5.41) is 3.57. The summed E-state index contributed by atoms with van der Waals surface area (Å²) in [5.41, 5.74) is 1.25. The van der Waals surface area contributed by atoms with Gasteiger partial charge in [0.1, 0.15) is 17.6 Å². The van der Waals surface area contributed by atoms with Gasteiger partial charge in [-0.2, -0.15) is 0 Å². The molecule has 0 aliphatic carbocycles. The largest absolute Gasteiger partial charge is 0.497 e. The molecule has 0 saturated heterocycles. The Morgan fingerprint density at radius 3 is 2.84 bits per heavy atom. The number of nitrogens with one attached hydrogen (secondary N) is 1. The van der Waals surface area contributed by atoms with Crippen LogP contribution in [0.25, 0.3) is 0 Å². The second kappa shape index (κ2) is 6.29. The number of fused-ring (bicyclic) bond motifs is 1. The van der Waals surface area contributed by atoms with Crippen LogP contribution in [0, 0.1) is 5.92 Å². The third-order valence-corrected chi connectivity index (χ3v) is 4.07. The van der Waals surface area contributed by atoms with Crippen molar-refractivity contribution < 1.29 is 9.47 Å². The molecule has 0 amide bonds. The molecule has 0 spiro atoms. The second-order valence-electron chi connectivity index (χ2n) is 5.29. The number of ether oxygens (including phenoxy) is 2. The highest BCUT2D eigenvalue weighted by molar-refractivity contribution is 5.44. The minimum absolute atomic E-state index is 0.286. The quantitative estimate of drug-likeness (QED) is 0.881. The average Bonchev–Trinajstić information content (AvgIpc) is 2.45. The van der Waals surface area contributed by atoms with Crippen LogP contribution in [0.2, 0.25) is 0 Å². The molecule has 1 aliphatic heterocycles. The van der Waals surface area contributed by atoms with Crippen molar-refractivity contribution in [1.82, 2.24) is 5.32 Å². The molecule has 3 heteroatoms. The van der Waals surface area contributed by atoms with E-state index in [0.717, 1.165) is 30.9 Å². The summed E-state index contributed by atoms with van der Waals surface area (Å²) in [7, 11) is 1.69. The molecular weight excluding hydrogens is 238 g/mol. The monoisotopic (exact) mass is 263 g/mol. The molecule has 1 aromatic rings. The van der Waals surface area contributed by atoms with E-state index in [4.69, 9.17) is 9.47 Å². The first-order valence-electron chi connectivity index (χ1n) is 7.27. The highest BCUT2D eigenvalue weighted by Gasteiger charge is 2.30. The van der Waals surface area contributed by atoms with E-state index in [1.54, 1.807) is 7.11 Å². The smallest absolute Gasteiger partial charge is 0.128 e. The van der Waals surface area contributed by atoms with Gasteiger partial charge in [-0.15, -0.1) is 0 Å². The maximum atomic E-state index is 6.18. The van der Waals surface area contributed by atoms with Gasteiger partial charge in [-0.1, -0.05) is 33.3 Å². The normalized spacial score (nSPS) is 23.4. The van der Waals surface area contributed by atoms with Gasteiger partial charge in [0.15, 0.2) is 0 Å². The van der Waals surface area contributed by atoms with E-state index in [2.05, 4.69) is 32.2 Å². The van der Waals surface area contributed by atoms with Crippen LogP contribution in [-0.2, 0) is 0 Å². The summed E-state index contributed by atoms with van der Waals surface area (Å²) in [4.78, 5) is 0. The fourth-order valence-corrected chi connectivity index (χ4v) is 2.65. The first-order chi connectivity index (χ1) is 9.19. The Kier molecular flexibility index (Phi) is 4.70. The molecule has 3 atom stereocenters. The molecule has 1 N–H and O–H groups in total. The summed E-state index contributed by atoms with van der Waals surface area (Å²) in [6, 6.07) is 6.53. The topological polar surface area (TPSA) is 30.5 Å². The molecule has 0 fully saturated rings. The van der Waals surface area contributed by atoms with E-state index in [1.165, 1.54) is 5.56 Å². The van der Waals surface area contributed by atoms with Crippen LogP contribution in [0.3, 0.4) is 0 Å². The van der Waals surface area contributed by atoms with Crippen LogP contribution in [0.4, 0.5) is 0 Å². The van der Waals surface area contributed by atoms with Crippen LogP contribution in [0.15, 0.2) is 18.2 Å². The Morgan fingerprint density at radius 1 is 1.42 bits per heavy atom. The molecule has 2 rings (SSSR count). The summed E-state index contributed by atoms with van der Waals surface area (Å²) in [6.45, 7) is 7.61. The van der Waals surface area contributed by atoms with Crippen molar-refractivity contribution in [2.45, 2.75) is 45.8 Å². The number of methoxy groups -OCH3 is 1. The lowest BCUT2D eigenvalue weighted by Gasteiger charge is -2.35. The average molecular weight is 263 g/mol. The first-order valence-corrected chi connectivity index (χ1v) is 7.27. The Balaban J connectivity index is 2.29. The fraction of sp³-hybridized carbons (Fsp3) is 0.625.